The number of alkyl halides is 3. The average Bonchev–Trinajstić information content (AvgIpc) is 3.34. The first-order chi connectivity index (χ1) is 20.4. The zero-order valence-electron chi connectivity index (χ0n) is 23.8. The van der Waals surface area contributed by atoms with Crippen LogP contribution in [0.1, 0.15) is 30.6 Å². The van der Waals surface area contributed by atoms with Crippen LogP contribution in [0.15, 0.2) is 53.5 Å². The van der Waals surface area contributed by atoms with Gasteiger partial charge in [0, 0.05) is 42.3 Å². The van der Waals surface area contributed by atoms with E-state index in [9.17, 15) is 27.6 Å². The second-order valence-electron chi connectivity index (χ2n) is 9.31. The lowest BCUT2D eigenvalue weighted by Crippen LogP contribution is -2.33. The van der Waals surface area contributed by atoms with E-state index in [2.05, 4.69) is 0 Å². The van der Waals surface area contributed by atoms with E-state index in [4.69, 9.17) is 25.4 Å². The van der Waals surface area contributed by atoms with Crippen molar-refractivity contribution in [2.75, 3.05) is 26.7 Å². The maximum atomic E-state index is 13.8. The standard InChI is InChI=1S/C27H31N5O4.C2HF3O2/c1-4-30(5-2)24(33)17-31-16-20(19-9-6-7-10-22(19)31)25-26(34)32(14-8-13-28)23-15-18(27(35)36-3)11-12-21(23)29-25;3-2(4,5)1(6)7/h6-7,9-12,15-16H,4-5,8,13-14,17,28H2,1-3H3;(H,6,7). The molecule has 230 valence electrons. The minimum absolute atomic E-state index is 0.00877. The summed E-state index contributed by atoms with van der Waals surface area (Å²) in [7, 11) is 1.32. The number of esters is 1. The summed E-state index contributed by atoms with van der Waals surface area (Å²) in [6.07, 6.45) is -2.67. The first-order valence-corrected chi connectivity index (χ1v) is 13.4. The highest BCUT2D eigenvalue weighted by Gasteiger charge is 2.38. The zero-order valence-corrected chi connectivity index (χ0v) is 23.8. The molecule has 0 bridgehead atoms. The van der Waals surface area contributed by atoms with Crippen LogP contribution >= 0.6 is 0 Å². The van der Waals surface area contributed by atoms with Crippen LogP contribution in [0.25, 0.3) is 33.2 Å². The summed E-state index contributed by atoms with van der Waals surface area (Å²) in [4.78, 5) is 54.1. The number of benzene rings is 2. The van der Waals surface area contributed by atoms with Crippen molar-refractivity contribution >= 4 is 39.8 Å². The number of amides is 1. The van der Waals surface area contributed by atoms with Gasteiger partial charge in [0.1, 0.15) is 12.2 Å². The fourth-order valence-electron chi connectivity index (χ4n) is 4.52. The minimum Gasteiger partial charge on any atom is -0.475 e. The molecule has 2 heterocycles. The Hall–Kier alpha value is -4.72. The second kappa shape index (κ2) is 14.0. The quantitative estimate of drug-likeness (QED) is 0.275. The maximum absolute atomic E-state index is 13.8. The molecular formula is C29H32F3N5O6. The fraction of sp³-hybridized carbons (Fsp3) is 0.345. The molecule has 0 radical (unpaired) electrons. The van der Waals surface area contributed by atoms with Crippen molar-refractivity contribution in [2.24, 2.45) is 5.73 Å². The highest BCUT2D eigenvalue weighted by molar-refractivity contribution is 5.97. The Morgan fingerprint density at radius 1 is 1.07 bits per heavy atom. The molecule has 0 unspecified atom stereocenters. The van der Waals surface area contributed by atoms with Gasteiger partial charge in [-0.05, 0) is 51.1 Å². The number of aliphatic carboxylic acids is 1. The first-order valence-electron chi connectivity index (χ1n) is 13.4. The van der Waals surface area contributed by atoms with Crippen LogP contribution in [-0.2, 0) is 27.4 Å². The van der Waals surface area contributed by atoms with Gasteiger partial charge in [0.05, 0.1) is 23.7 Å². The van der Waals surface area contributed by atoms with Crippen LogP contribution in [0.3, 0.4) is 0 Å². The van der Waals surface area contributed by atoms with Crippen molar-refractivity contribution in [1.29, 1.82) is 0 Å². The van der Waals surface area contributed by atoms with Crippen LogP contribution in [-0.4, -0.2) is 74.9 Å². The number of nitrogens with zero attached hydrogens (tertiary/aromatic N) is 4. The van der Waals surface area contributed by atoms with Crippen LogP contribution in [0.2, 0.25) is 0 Å². The number of fused-ring (bicyclic) bond motifs is 2. The van der Waals surface area contributed by atoms with Crippen molar-refractivity contribution < 1.29 is 37.4 Å². The van der Waals surface area contributed by atoms with Crippen LogP contribution in [0.5, 0.6) is 0 Å². The maximum Gasteiger partial charge on any atom is 0.490 e. The van der Waals surface area contributed by atoms with Gasteiger partial charge in [0.15, 0.2) is 0 Å². The Balaban J connectivity index is 0.000000646. The zero-order chi connectivity index (χ0) is 31.9. The van der Waals surface area contributed by atoms with Crippen molar-refractivity contribution in [3.63, 3.8) is 0 Å². The average molecular weight is 604 g/mol. The number of carbonyl (C=O) groups is 3. The van der Waals surface area contributed by atoms with Gasteiger partial charge in [-0.2, -0.15) is 13.2 Å². The number of rotatable bonds is 9. The molecule has 0 aliphatic rings. The number of carboxylic acids is 1. The normalized spacial score (nSPS) is 11.2. The van der Waals surface area contributed by atoms with Crippen molar-refractivity contribution in [3.05, 3.63) is 64.6 Å². The molecule has 0 saturated heterocycles. The molecule has 0 aliphatic carbocycles. The van der Waals surface area contributed by atoms with Gasteiger partial charge in [0.2, 0.25) is 5.91 Å². The third-order valence-electron chi connectivity index (χ3n) is 6.66. The Bertz CT molecular complexity index is 1690. The van der Waals surface area contributed by atoms with E-state index >= 15 is 0 Å². The van der Waals surface area contributed by atoms with Gasteiger partial charge in [-0.3, -0.25) is 9.59 Å². The van der Waals surface area contributed by atoms with E-state index in [0.717, 1.165) is 10.9 Å². The molecule has 3 N–H and O–H groups in total. The number of nitrogens with two attached hydrogens (primary N) is 1. The van der Waals surface area contributed by atoms with Gasteiger partial charge in [0.25, 0.3) is 5.56 Å². The highest BCUT2D eigenvalue weighted by atomic mass is 19.4. The van der Waals surface area contributed by atoms with Gasteiger partial charge in [-0.15, -0.1) is 0 Å². The Morgan fingerprint density at radius 3 is 2.30 bits per heavy atom. The molecule has 0 atom stereocenters. The van der Waals surface area contributed by atoms with Crippen molar-refractivity contribution in [1.82, 2.24) is 19.0 Å². The number of ether oxygens (including phenoxy) is 1. The predicted molar refractivity (Wildman–Crippen MR) is 154 cm³/mol. The molecule has 43 heavy (non-hydrogen) atoms. The van der Waals surface area contributed by atoms with Crippen molar-refractivity contribution in [3.8, 4) is 11.3 Å². The van der Waals surface area contributed by atoms with Gasteiger partial charge >= 0.3 is 18.1 Å². The number of methoxy groups -OCH3 is 1. The highest BCUT2D eigenvalue weighted by Crippen LogP contribution is 2.29. The number of hydrogen-bond donors (Lipinski definition) is 2. The van der Waals surface area contributed by atoms with E-state index in [1.807, 2.05) is 48.9 Å². The molecule has 4 rings (SSSR count). The lowest BCUT2D eigenvalue weighted by molar-refractivity contribution is -0.192. The molecule has 4 aromatic rings. The summed E-state index contributed by atoms with van der Waals surface area (Å²) < 4.78 is 40.1. The Labute approximate surface area is 244 Å². The monoisotopic (exact) mass is 603 g/mol. The largest absolute Gasteiger partial charge is 0.490 e. The SMILES string of the molecule is CCN(CC)C(=O)Cn1cc(-c2nc3ccc(C(=O)OC)cc3n(CCCN)c2=O)c2ccccc21.O=C(O)C(F)(F)F. The first kappa shape index (κ1) is 32.8. The molecule has 0 saturated carbocycles. The third-order valence-corrected chi connectivity index (χ3v) is 6.66. The summed E-state index contributed by atoms with van der Waals surface area (Å²) in [5.74, 6) is -3.23. The van der Waals surface area contributed by atoms with Crippen LogP contribution < -0.4 is 11.3 Å². The van der Waals surface area contributed by atoms with Crippen molar-refractivity contribution in [2.45, 2.75) is 39.5 Å². The van der Waals surface area contributed by atoms with E-state index in [0.29, 0.717) is 54.8 Å². The Morgan fingerprint density at radius 2 is 1.72 bits per heavy atom. The number of aryl methyl sites for hydroxylation is 1. The summed E-state index contributed by atoms with van der Waals surface area (Å²) in [5, 5.41) is 7.96. The molecule has 2 aromatic carbocycles. The number of likely N-dealkylation sites (N-methyl/N-ethyl adjacent to an activating group) is 1. The second-order valence-corrected chi connectivity index (χ2v) is 9.31. The molecule has 0 fully saturated rings. The fourth-order valence-corrected chi connectivity index (χ4v) is 4.52. The number of carboxylic acid groups (broad SMARTS) is 1. The summed E-state index contributed by atoms with van der Waals surface area (Å²) in [5.41, 5.74) is 8.72. The molecule has 0 spiro atoms. The third kappa shape index (κ3) is 7.38. The summed E-state index contributed by atoms with van der Waals surface area (Å²) >= 11 is 0. The molecule has 14 heteroatoms. The molecule has 11 nitrogen and oxygen atoms in total. The van der Waals surface area contributed by atoms with Gasteiger partial charge in [-0.25, -0.2) is 14.6 Å². The molecule has 1 amide bonds. The summed E-state index contributed by atoms with van der Waals surface area (Å²) in [6.45, 7) is 6.13. The topological polar surface area (TPSA) is 150 Å². The van der Waals surface area contributed by atoms with Crippen LogP contribution in [0.4, 0.5) is 13.2 Å². The minimum atomic E-state index is -5.08. The molecule has 0 aliphatic heterocycles. The smallest absolute Gasteiger partial charge is 0.475 e. The van der Waals surface area contributed by atoms with Crippen LogP contribution in [0, 0.1) is 0 Å². The molecule has 2 aromatic heterocycles. The number of hydrogen-bond acceptors (Lipinski definition) is 7. The number of carbonyl (C=O) groups excluding carboxylic acids is 2. The molecular weight excluding hydrogens is 571 g/mol. The number of para-hydroxylation sites is 1. The van der Waals surface area contributed by atoms with Gasteiger partial charge < -0.3 is 29.6 Å². The number of aromatic nitrogens is 3. The van der Waals surface area contributed by atoms with E-state index < -0.39 is 18.1 Å². The van der Waals surface area contributed by atoms with E-state index in [1.165, 1.54) is 7.11 Å². The summed E-state index contributed by atoms with van der Waals surface area (Å²) in [6, 6.07) is 12.7. The number of halogens is 3. The van der Waals surface area contributed by atoms with E-state index in [-0.39, 0.29) is 23.7 Å². The van der Waals surface area contributed by atoms with Gasteiger partial charge in [-0.1, -0.05) is 18.2 Å². The predicted octanol–water partition coefficient (Wildman–Crippen LogP) is 3.66. The Kier molecular flexibility index (Phi) is 10.6. The lowest BCUT2D eigenvalue weighted by atomic mass is 10.1. The van der Waals surface area contributed by atoms with E-state index in [1.54, 1.807) is 27.7 Å². The lowest BCUT2D eigenvalue weighted by Gasteiger charge is -2.19.